The van der Waals surface area contributed by atoms with Crippen molar-refractivity contribution in [2.24, 2.45) is 0 Å². The molecule has 0 amide bonds. The summed E-state index contributed by atoms with van der Waals surface area (Å²) in [6.45, 7) is 10.1. The first kappa shape index (κ1) is 14.1. The zero-order valence-electron chi connectivity index (χ0n) is 10.3. The molecule has 0 saturated carbocycles. The molecule has 0 atom stereocenters. The SMILES string of the molecule is CCCCO/C=[CH]\[Ge]([CH2]C)([CH2]C)[CH2]C. The van der Waals surface area contributed by atoms with Crippen molar-refractivity contribution in [3.63, 3.8) is 0 Å². The van der Waals surface area contributed by atoms with Crippen LogP contribution >= 0.6 is 0 Å². The Bertz CT molecular complexity index is 142. The van der Waals surface area contributed by atoms with Crippen molar-refractivity contribution in [2.75, 3.05) is 6.61 Å². The molecule has 0 aromatic heterocycles. The van der Waals surface area contributed by atoms with Gasteiger partial charge < -0.3 is 0 Å². The van der Waals surface area contributed by atoms with Crippen molar-refractivity contribution < 1.29 is 4.74 Å². The Morgan fingerprint density at radius 3 is 2.00 bits per heavy atom. The fourth-order valence-electron chi connectivity index (χ4n) is 1.59. The normalized spacial score (nSPS) is 12.3. The van der Waals surface area contributed by atoms with Crippen LogP contribution in [0.5, 0.6) is 0 Å². The van der Waals surface area contributed by atoms with E-state index in [0.29, 0.717) is 0 Å². The molecule has 14 heavy (non-hydrogen) atoms. The molecule has 0 aliphatic carbocycles. The Hall–Kier alpha value is 0.0829. The van der Waals surface area contributed by atoms with Gasteiger partial charge in [-0.25, -0.2) is 0 Å². The summed E-state index contributed by atoms with van der Waals surface area (Å²) < 4.78 is 5.50. The first-order chi connectivity index (χ1) is 6.74. The Balaban J connectivity index is 3.90. The van der Waals surface area contributed by atoms with E-state index in [0.717, 1.165) is 6.61 Å². The summed E-state index contributed by atoms with van der Waals surface area (Å²) in [6.07, 6.45) is 4.39. The minimum atomic E-state index is -1.59. The topological polar surface area (TPSA) is 9.23 Å². The molecule has 0 saturated heterocycles. The van der Waals surface area contributed by atoms with Crippen molar-refractivity contribution in [3.05, 3.63) is 11.2 Å². The molecule has 0 aromatic rings. The van der Waals surface area contributed by atoms with E-state index in [9.17, 15) is 0 Å². The van der Waals surface area contributed by atoms with Crippen LogP contribution in [-0.4, -0.2) is 19.9 Å². The van der Waals surface area contributed by atoms with Gasteiger partial charge in [-0.3, -0.25) is 0 Å². The van der Waals surface area contributed by atoms with Gasteiger partial charge in [0.25, 0.3) is 0 Å². The molecule has 0 aromatic carbocycles. The third kappa shape index (κ3) is 5.09. The maximum atomic E-state index is 5.50. The molecule has 0 radical (unpaired) electrons. The molecule has 0 N–H and O–H groups in total. The summed E-state index contributed by atoms with van der Waals surface area (Å²) in [7, 11) is 0. The molecule has 1 nitrogen and oxygen atoms in total. The van der Waals surface area contributed by atoms with Crippen molar-refractivity contribution >= 4 is 13.3 Å². The molecule has 84 valence electrons. The van der Waals surface area contributed by atoms with E-state index < -0.39 is 13.3 Å². The quantitative estimate of drug-likeness (QED) is 0.357. The Kier molecular flexibility index (Phi) is 8.45. The van der Waals surface area contributed by atoms with E-state index in [2.05, 4.69) is 32.6 Å². The summed E-state index contributed by atoms with van der Waals surface area (Å²) in [4.78, 5) is 2.44. The third-order valence-electron chi connectivity index (χ3n) is 3.25. The summed E-state index contributed by atoms with van der Waals surface area (Å²) in [5.74, 6) is 0. The van der Waals surface area contributed by atoms with Gasteiger partial charge in [-0.05, 0) is 0 Å². The van der Waals surface area contributed by atoms with Gasteiger partial charge in [0.2, 0.25) is 0 Å². The van der Waals surface area contributed by atoms with Crippen molar-refractivity contribution in [3.8, 4) is 0 Å². The van der Waals surface area contributed by atoms with Gasteiger partial charge in [-0.15, -0.1) is 0 Å². The molecular formula is C12H26GeO. The molecule has 0 fully saturated rings. The predicted octanol–water partition coefficient (Wildman–Crippen LogP) is 4.36. The predicted molar refractivity (Wildman–Crippen MR) is 67.2 cm³/mol. The van der Waals surface area contributed by atoms with Gasteiger partial charge in [0.15, 0.2) is 0 Å². The van der Waals surface area contributed by atoms with Gasteiger partial charge >= 0.3 is 92.1 Å². The monoisotopic (exact) mass is 260 g/mol. The van der Waals surface area contributed by atoms with Gasteiger partial charge in [0.1, 0.15) is 0 Å². The first-order valence-electron chi connectivity index (χ1n) is 6.04. The maximum absolute atomic E-state index is 5.50. The van der Waals surface area contributed by atoms with Crippen molar-refractivity contribution in [2.45, 2.75) is 56.3 Å². The Morgan fingerprint density at radius 2 is 1.57 bits per heavy atom. The van der Waals surface area contributed by atoms with Crippen LogP contribution in [0.15, 0.2) is 11.2 Å². The molecule has 2 heteroatoms. The van der Waals surface area contributed by atoms with Crippen LogP contribution in [0.2, 0.25) is 15.8 Å². The zero-order valence-corrected chi connectivity index (χ0v) is 12.4. The standard InChI is InChI=1S/C12H26GeO/c1-5-9-11-14-12-10-13(6-2,7-3)8-4/h10,12H,5-9,11H2,1-4H3/b12-10-. The summed E-state index contributed by atoms with van der Waals surface area (Å²) >= 11 is -1.59. The Morgan fingerprint density at radius 1 is 1.00 bits per heavy atom. The minimum absolute atomic E-state index is 0.891. The number of rotatable bonds is 8. The summed E-state index contributed by atoms with van der Waals surface area (Å²) in [6, 6.07) is 0. The second-order valence-electron chi connectivity index (χ2n) is 3.95. The average Bonchev–Trinajstić information content (AvgIpc) is 2.24. The van der Waals surface area contributed by atoms with E-state index in [1.54, 1.807) is 0 Å². The molecule has 0 rings (SSSR count). The zero-order chi connectivity index (χ0) is 10.9. The van der Waals surface area contributed by atoms with Crippen LogP contribution in [0.25, 0.3) is 0 Å². The number of ether oxygens (including phenoxy) is 1. The van der Waals surface area contributed by atoms with Crippen LogP contribution in [0.1, 0.15) is 40.5 Å². The molecule has 0 heterocycles. The van der Waals surface area contributed by atoms with E-state index in [-0.39, 0.29) is 0 Å². The van der Waals surface area contributed by atoms with Gasteiger partial charge in [-0.2, -0.15) is 0 Å². The van der Waals surface area contributed by atoms with Crippen molar-refractivity contribution in [1.29, 1.82) is 0 Å². The van der Waals surface area contributed by atoms with Crippen LogP contribution in [0.3, 0.4) is 0 Å². The van der Waals surface area contributed by atoms with Crippen LogP contribution in [-0.2, 0) is 4.74 Å². The van der Waals surface area contributed by atoms with E-state index in [4.69, 9.17) is 4.74 Å². The van der Waals surface area contributed by atoms with Crippen LogP contribution in [0, 0.1) is 0 Å². The second-order valence-corrected chi connectivity index (χ2v) is 14.8. The molecule has 0 aliphatic heterocycles. The molecule has 0 aliphatic rings. The fraction of sp³-hybridized carbons (Fsp3) is 0.833. The van der Waals surface area contributed by atoms with E-state index in [1.165, 1.54) is 28.6 Å². The molecule has 0 spiro atoms. The van der Waals surface area contributed by atoms with Crippen LogP contribution in [0.4, 0.5) is 0 Å². The van der Waals surface area contributed by atoms with Crippen molar-refractivity contribution in [1.82, 2.24) is 0 Å². The third-order valence-corrected chi connectivity index (χ3v) is 13.9. The number of hydrogen-bond acceptors (Lipinski definition) is 1. The summed E-state index contributed by atoms with van der Waals surface area (Å²) in [5, 5.41) is 4.17. The molecule has 0 bridgehead atoms. The van der Waals surface area contributed by atoms with E-state index in [1.807, 2.05) is 6.26 Å². The number of unbranched alkanes of at least 4 members (excludes halogenated alkanes) is 1. The van der Waals surface area contributed by atoms with E-state index >= 15 is 0 Å². The van der Waals surface area contributed by atoms with Gasteiger partial charge in [0.05, 0.1) is 0 Å². The first-order valence-corrected chi connectivity index (χ1v) is 11.7. The molecule has 0 unspecified atom stereocenters. The van der Waals surface area contributed by atoms with Gasteiger partial charge in [0, 0.05) is 0 Å². The summed E-state index contributed by atoms with van der Waals surface area (Å²) in [5.41, 5.74) is 0. The second kappa shape index (κ2) is 8.40. The fourth-order valence-corrected chi connectivity index (χ4v) is 7.03. The average molecular weight is 259 g/mol. The van der Waals surface area contributed by atoms with Gasteiger partial charge in [-0.1, -0.05) is 0 Å². The molecular weight excluding hydrogens is 233 g/mol. The van der Waals surface area contributed by atoms with Crippen LogP contribution < -0.4 is 0 Å². The Labute approximate surface area is 92.3 Å². The number of hydrogen-bond donors (Lipinski definition) is 0.